The Morgan fingerprint density at radius 3 is 2.05 bits per heavy atom. The molecule has 596 valence electrons. The number of carbonyl (C=O) groups excluding carboxylic acids is 8. The molecule has 0 radical (unpaired) electrons. The van der Waals surface area contributed by atoms with E-state index < -0.39 is 250 Å². The fraction of sp³-hybridized carbons (Fsp3) is 0.650. The Balaban J connectivity index is 1.18. The van der Waals surface area contributed by atoms with Gasteiger partial charge in [0.25, 0.3) is 11.8 Å². The second-order valence-electron chi connectivity index (χ2n) is 25.6. The predicted molar refractivity (Wildman–Crippen MR) is 370 cm³/mol. The first-order chi connectivity index (χ1) is 50.4. The predicted octanol–water partition coefficient (Wildman–Crippen LogP) is -10.3. The fourth-order valence-electron chi connectivity index (χ4n) is 11.0. The number of carbonyl (C=O) groups is 8. The van der Waals surface area contributed by atoms with Gasteiger partial charge in [-0.1, -0.05) is 0 Å². The third kappa shape index (κ3) is 22.6. The van der Waals surface area contributed by atoms with Gasteiger partial charge in [0.2, 0.25) is 29.5 Å². The third-order valence-corrected chi connectivity index (χ3v) is 20.1. The summed E-state index contributed by atoms with van der Waals surface area (Å²) in [5.41, 5.74) is 33.5. The maximum Gasteiger partial charge on any atom is 0.404 e. The van der Waals surface area contributed by atoms with Crippen LogP contribution < -0.4 is 66.3 Å². The van der Waals surface area contributed by atoms with Crippen molar-refractivity contribution in [2.75, 3.05) is 50.3 Å². The SMILES string of the molecule is Cc1c(N)nc([C@H](CC(N)=O)NC[C@H](N)C(N)=O)nc1C(=O)N[C@H](C(=O)N[C@H](C)[C@@H](O)CC(=O)N[C@H](C(=O)NC(OC1OC(C)C(N)C(O)C1O)C(O)c1nc(-c2nc(C(=O)NCCC[S+](C)C)cs2)cs1)[C@@H](C)O)[C@@H](OC1OC(CO)C(O)C(O)C1OC1OC(CO)C(O)C(OC(N)=O)C1O)c1cnc[nH]1. The van der Waals surface area contributed by atoms with Gasteiger partial charge in [0, 0.05) is 42.3 Å². The molecule has 3 aliphatic heterocycles. The number of aromatic amines is 1. The van der Waals surface area contributed by atoms with Crippen molar-refractivity contribution in [2.45, 2.75) is 200 Å². The molecule has 8 amide bonds. The number of imidazole rings is 1. The van der Waals surface area contributed by atoms with Crippen molar-refractivity contribution in [1.29, 1.82) is 0 Å². The maximum atomic E-state index is 15.3. The molecule has 3 saturated heterocycles. The Labute approximate surface area is 620 Å². The van der Waals surface area contributed by atoms with Crippen LogP contribution in [0.2, 0.25) is 0 Å². The lowest BCUT2D eigenvalue weighted by Crippen LogP contribution is -2.65. The van der Waals surface area contributed by atoms with Gasteiger partial charge in [0.05, 0.1) is 92.8 Å². The van der Waals surface area contributed by atoms with Gasteiger partial charge in [0.15, 0.2) is 37.3 Å². The number of nitrogens with zero attached hydrogens (tertiary/aromatic N) is 5. The molecular formula is C60H93N18O26S3+. The number of aromatic nitrogens is 6. The monoisotopic (exact) mass is 1580 g/mol. The highest BCUT2D eigenvalue weighted by Gasteiger charge is 2.54. The van der Waals surface area contributed by atoms with Crippen LogP contribution in [0.15, 0.2) is 23.3 Å². The first-order valence-electron chi connectivity index (χ1n) is 33.1. The zero-order chi connectivity index (χ0) is 79.2. The summed E-state index contributed by atoms with van der Waals surface area (Å²) in [4.78, 5) is 132. The minimum absolute atomic E-state index is 0.102. The number of aliphatic hydroxyl groups excluding tert-OH is 11. The summed E-state index contributed by atoms with van der Waals surface area (Å²) < 4.78 is 40.4. The summed E-state index contributed by atoms with van der Waals surface area (Å²) >= 11 is 1.92. The summed E-state index contributed by atoms with van der Waals surface area (Å²) in [6.07, 6.45) is -32.7. The van der Waals surface area contributed by atoms with Gasteiger partial charge in [-0.3, -0.25) is 33.6 Å². The number of nitrogens with one attached hydrogen (secondary N) is 7. The molecule has 47 heteroatoms. The van der Waals surface area contributed by atoms with Gasteiger partial charge in [-0.15, -0.1) is 22.7 Å². The van der Waals surface area contributed by atoms with E-state index in [-0.39, 0.29) is 43.6 Å². The minimum Gasteiger partial charge on any atom is -0.441 e. The van der Waals surface area contributed by atoms with Gasteiger partial charge in [-0.25, -0.2) is 29.7 Å². The van der Waals surface area contributed by atoms with Crippen molar-refractivity contribution in [3.05, 3.63) is 56.8 Å². The van der Waals surface area contributed by atoms with Crippen LogP contribution in [0.3, 0.4) is 0 Å². The largest absolute Gasteiger partial charge is 0.441 e. The number of nitrogen functional groups attached to an aromatic ring is 1. The van der Waals surface area contributed by atoms with Crippen LogP contribution in [0, 0.1) is 6.92 Å². The van der Waals surface area contributed by atoms with E-state index in [0.29, 0.717) is 6.54 Å². The molecule has 4 aromatic rings. The summed E-state index contributed by atoms with van der Waals surface area (Å²) in [6.45, 7) is 2.91. The van der Waals surface area contributed by atoms with Crippen molar-refractivity contribution >= 4 is 86.8 Å². The molecule has 17 unspecified atom stereocenters. The van der Waals surface area contributed by atoms with E-state index in [9.17, 15) is 89.7 Å². The lowest BCUT2D eigenvalue weighted by molar-refractivity contribution is -0.372. The summed E-state index contributed by atoms with van der Waals surface area (Å²) in [6, 6.07) is -9.64. The molecule has 3 aliphatic rings. The average Bonchev–Trinajstić information content (AvgIpc) is 1.31. The Hall–Kier alpha value is -7.54. The van der Waals surface area contributed by atoms with Gasteiger partial charge in [0.1, 0.15) is 118 Å². The molecule has 7 rings (SSSR count). The molecule has 4 aromatic heterocycles. The van der Waals surface area contributed by atoms with Crippen LogP contribution in [-0.2, 0) is 68.0 Å². The Kier molecular flexibility index (Phi) is 31.8. The molecule has 0 aromatic carbocycles. The minimum atomic E-state index is -2.26. The number of primary amides is 3. The van der Waals surface area contributed by atoms with Gasteiger partial charge in [-0.2, -0.15) is 0 Å². The Bertz CT molecular complexity index is 3650. The van der Waals surface area contributed by atoms with Crippen molar-refractivity contribution in [3.8, 4) is 10.7 Å². The summed E-state index contributed by atoms with van der Waals surface area (Å²) in [7, 11) is 0.176. The number of hydrogen-bond donors (Lipinski definition) is 24. The Morgan fingerprint density at radius 2 is 1.42 bits per heavy atom. The molecule has 30 N–H and O–H groups in total. The van der Waals surface area contributed by atoms with Crippen LogP contribution >= 0.6 is 22.7 Å². The van der Waals surface area contributed by atoms with Crippen LogP contribution in [0.1, 0.15) is 101 Å². The molecule has 25 atom stereocenters. The second kappa shape index (κ2) is 39.2. The van der Waals surface area contributed by atoms with E-state index in [1.165, 1.54) is 24.6 Å². The quantitative estimate of drug-likeness (QED) is 0.0113. The molecule has 0 bridgehead atoms. The van der Waals surface area contributed by atoms with E-state index in [0.717, 1.165) is 61.2 Å². The normalized spacial score (nSPS) is 27.4. The molecule has 44 nitrogen and oxygen atoms in total. The smallest absolute Gasteiger partial charge is 0.404 e. The molecule has 7 heterocycles. The van der Waals surface area contributed by atoms with E-state index >= 15 is 4.79 Å². The molecule has 0 aliphatic carbocycles. The average molecular weight is 1580 g/mol. The molecule has 0 spiro atoms. The Morgan fingerprint density at radius 1 is 0.748 bits per heavy atom. The first-order valence-corrected chi connectivity index (χ1v) is 37.0. The van der Waals surface area contributed by atoms with Crippen molar-refractivity contribution < 1.29 is 128 Å². The lowest BCUT2D eigenvalue weighted by Gasteiger charge is -2.47. The van der Waals surface area contributed by atoms with Gasteiger partial charge >= 0.3 is 6.09 Å². The number of hydrogen-bond acceptors (Lipinski definition) is 37. The number of nitrogens with two attached hydrogens (primary N) is 6. The highest BCUT2D eigenvalue weighted by atomic mass is 32.2. The van der Waals surface area contributed by atoms with Crippen molar-refractivity contribution in [3.63, 3.8) is 0 Å². The summed E-state index contributed by atoms with van der Waals surface area (Å²) in [5.74, 6) is -7.32. The molecule has 3 fully saturated rings. The highest BCUT2D eigenvalue weighted by Crippen LogP contribution is 2.36. The van der Waals surface area contributed by atoms with Crippen molar-refractivity contribution in [2.24, 2.45) is 28.7 Å². The number of ether oxygens (including phenoxy) is 7. The zero-order valence-corrected chi connectivity index (χ0v) is 60.8. The van der Waals surface area contributed by atoms with Crippen LogP contribution in [0.4, 0.5) is 10.6 Å². The fourth-order valence-corrected chi connectivity index (χ4v) is 13.4. The van der Waals surface area contributed by atoms with Gasteiger partial charge < -0.3 is 161 Å². The van der Waals surface area contributed by atoms with E-state index in [1.54, 1.807) is 0 Å². The molecule has 0 saturated carbocycles. The number of anilines is 1. The number of amides is 8. The first kappa shape index (κ1) is 86.7. The van der Waals surface area contributed by atoms with Crippen LogP contribution in [-0.4, -0.2) is 313 Å². The van der Waals surface area contributed by atoms with E-state index in [4.69, 9.17) is 67.6 Å². The standard InChI is InChI=1S/C60H92N18O26S3/c1-19-34(75-49(77-47(19)64)24(10-31(62)83)69-12-23(61)48(65)92)51(94)76-36(44(25-13-67-18-70-25)101-59-46(40(88)37(85)29(14-79)100-59)102-58-42(90)45(103-60(66)97)38(86)30(15-80)99-58)53(96)71-20(2)28(82)11-32(84)74-35(21(3)81)52(95)78-54(104-57-41(89)39(87)33(63)22(4)98-57)43(91)56-73-27(17-106-56)55-72-26(16-105-55)50(93)68-8-7-9-107(5)6/h13,16-18,20-24,28-30,33,35-46,54,57-59,69,79-82,85-91H,7-12,14-15,61,63H2,1-6H3,(H13-,62,64,65,66,67,68,70,71,74,75,76,77,78,83,84,92,93,94,95,96,97)/p+1/t20-,21-,22?,23+,24+,28+,29?,30?,33?,35+,36+,37?,38?,39?,40?,41?,42?,43?,44+,45?,46?,54?,57?,58?,59?/m1/s1. The van der Waals surface area contributed by atoms with Gasteiger partial charge in [-0.05, 0) is 38.6 Å². The van der Waals surface area contributed by atoms with E-state index in [1.807, 2.05) is 0 Å². The number of rotatable bonds is 37. The lowest BCUT2D eigenvalue weighted by atomic mass is 9.97. The topological polar surface area (TPSA) is 732 Å². The van der Waals surface area contributed by atoms with Crippen LogP contribution in [0.25, 0.3) is 10.7 Å². The second-order valence-corrected chi connectivity index (χ2v) is 29.7. The highest BCUT2D eigenvalue weighted by molar-refractivity contribution is 7.95. The maximum absolute atomic E-state index is 15.3. The number of aliphatic hydroxyl groups is 11. The third-order valence-electron chi connectivity index (χ3n) is 17.2. The van der Waals surface area contributed by atoms with E-state index in [2.05, 4.69) is 74.3 Å². The summed E-state index contributed by atoms with van der Waals surface area (Å²) in [5, 5.41) is 140. The molecular weight excluding hydrogens is 1480 g/mol. The number of thiazole rings is 2. The number of H-pyrrole nitrogens is 1. The van der Waals surface area contributed by atoms with Crippen LogP contribution in [0.5, 0.6) is 0 Å². The zero-order valence-electron chi connectivity index (χ0n) is 58.4. The molecule has 107 heavy (non-hydrogen) atoms. The van der Waals surface area contributed by atoms with Crippen molar-refractivity contribution in [1.82, 2.24) is 61.8 Å².